The minimum atomic E-state index is 0.301. The maximum atomic E-state index is 9.40. The van der Waals surface area contributed by atoms with Gasteiger partial charge in [0.25, 0.3) is 0 Å². The summed E-state index contributed by atoms with van der Waals surface area (Å²) in [6, 6.07) is 0. The van der Waals surface area contributed by atoms with Crippen LogP contribution in [0.4, 0.5) is 0 Å². The molecule has 0 saturated heterocycles. The zero-order valence-corrected chi connectivity index (χ0v) is 3.81. The molecule has 0 aromatic heterocycles. The van der Waals surface area contributed by atoms with E-state index >= 15 is 0 Å². The average molecular weight is 97.1 g/mol. The first kappa shape index (κ1) is 6.12. The monoisotopic (exact) mass is 97.0 g/mol. The molecule has 0 aliphatic carbocycles. The van der Waals surface area contributed by atoms with E-state index in [0.29, 0.717) is 12.8 Å². The molecule has 0 heterocycles. The van der Waals surface area contributed by atoms with E-state index in [1.807, 2.05) is 0 Å². The van der Waals surface area contributed by atoms with Gasteiger partial charge in [-0.3, -0.25) is 4.79 Å². The lowest BCUT2D eigenvalue weighted by molar-refractivity contribution is 0.551. The molecule has 0 aliphatic heterocycles. The summed E-state index contributed by atoms with van der Waals surface area (Å²) in [5.74, 6) is 1.55. The van der Waals surface area contributed by atoms with Gasteiger partial charge in [0, 0.05) is 12.5 Å². The lowest BCUT2D eigenvalue weighted by atomic mass is 10.3. The standard InChI is InChI=1S/C5H5O2/c6-4-2-1-3-5-7/h2H,1,3H2. The van der Waals surface area contributed by atoms with Crippen LogP contribution in [0.25, 0.3) is 0 Å². The van der Waals surface area contributed by atoms with Crippen LogP contribution in [0.1, 0.15) is 12.8 Å². The second-order valence-corrected chi connectivity index (χ2v) is 1.00. The van der Waals surface area contributed by atoms with Crippen molar-refractivity contribution in [2.45, 2.75) is 12.8 Å². The predicted molar refractivity (Wildman–Crippen MR) is 25.2 cm³/mol. The summed E-state index contributed by atoms with van der Waals surface area (Å²) in [7, 11) is 0. The Hall–Kier alpha value is -0.880. The minimum Gasteiger partial charge on any atom is -0.291 e. The third-order valence-corrected chi connectivity index (χ3v) is 0.474. The number of unbranched alkanes of at least 4 members (excludes halogenated alkanes) is 1. The van der Waals surface area contributed by atoms with Crippen molar-refractivity contribution in [1.82, 2.24) is 0 Å². The van der Waals surface area contributed by atoms with Crippen LogP contribution in [-0.2, 0) is 9.59 Å². The van der Waals surface area contributed by atoms with Crippen LogP contribution in [0, 0.1) is 0 Å². The van der Waals surface area contributed by atoms with Gasteiger partial charge in [-0.2, -0.15) is 0 Å². The van der Waals surface area contributed by atoms with E-state index in [1.54, 1.807) is 12.2 Å². The van der Waals surface area contributed by atoms with Crippen molar-refractivity contribution >= 4 is 12.2 Å². The van der Waals surface area contributed by atoms with E-state index in [4.69, 9.17) is 0 Å². The van der Waals surface area contributed by atoms with Crippen molar-refractivity contribution in [2.75, 3.05) is 0 Å². The van der Waals surface area contributed by atoms with Crippen LogP contribution in [0.2, 0.25) is 0 Å². The van der Waals surface area contributed by atoms with Crippen molar-refractivity contribution in [3.63, 3.8) is 0 Å². The predicted octanol–water partition coefficient (Wildman–Crippen LogP) is 0.264. The van der Waals surface area contributed by atoms with Gasteiger partial charge >= 0.3 is 0 Å². The lowest BCUT2D eigenvalue weighted by Gasteiger charge is -1.69. The number of rotatable bonds is 3. The van der Waals surface area contributed by atoms with Gasteiger partial charge in [-0.1, -0.05) is 0 Å². The fraction of sp³-hybridized carbons (Fsp3) is 0.400. The maximum absolute atomic E-state index is 9.40. The van der Waals surface area contributed by atoms with Gasteiger partial charge in [0.05, 0.1) is 0 Å². The molecule has 0 aromatic carbocycles. The SMILES string of the molecule is O=[C]CCC=C=O. The molecule has 0 spiro atoms. The first-order valence-electron chi connectivity index (χ1n) is 1.96. The van der Waals surface area contributed by atoms with Crippen LogP contribution in [0.3, 0.4) is 0 Å². The van der Waals surface area contributed by atoms with Crippen LogP contribution < -0.4 is 0 Å². The molecular formula is C5H5O2. The summed E-state index contributed by atoms with van der Waals surface area (Å²) < 4.78 is 0. The summed E-state index contributed by atoms with van der Waals surface area (Å²) in [5, 5.41) is 0. The molecule has 0 rings (SSSR count). The summed E-state index contributed by atoms with van der Waals surface area (Å²) in [6.07, 6.45) is 3.68. The highest BCUT2D eigenvalue weighted by Gasteiger charge is 1.75. The second-order valence-electron chi connectivity index (χ2n) is 1.00. The minimum absolute atomic E-state index is 0.301. The van der Waals surface area contributed by atoms with Gasteiger partial charge in [0.2, 0.25) is 0 Å². The Kier molecular flexibility index (Phi) is 4.48. The van der Waals surface area contributed by atoms with Crippen molar-refractivity contribution in [2.24, 2.45) is 0 Å². The summed E-state index contributed by atoms with van der Waals surface area (Å²) in [4.78, 5) is 18.8. The Bertz CT molecular complexity index is 90.3. The van der Waals surface area contributed by atoms with E-state index < -0.39 is 0 Å². The molecule has 1 radical (unpaired) electrons. The third-order valence-electron chi connectivity index (χ3n) is 0.474. The molecule has 0 unspecified atom stereocenters. The van der Waals surface area contributed by atoms with E-state index in [9.17, 15) is 9.59 Å². The largest absolute Gasteiger partial charge is 0.291 e. The van der Waals surface area contributed by atoms with Gasteiger partial charge < -0.3 is 0 Å². The zero-order chi connectivity index (χ0) is 5.54. The highest BCUT2D eigenvalue weighted by molar-refractivity contribution is 5.52. The molecule has 0 aliphatic rings. The van der Waals surface area contributed by atoms with Crippen molar-refractivity contribution < 1.29 is 9.59 Å². The fourth-order valence-electron chi connectivity index (χ4n) is 0.190. The van der Waals surface area contributed by atoms with E-state index in [1.165, 1.54) is 6.08 Å². The highest BCUT2D eigenvalue weighted by atomic mass is 16.1. The average Bonchev–Trinajstić information content (AvgIpc) is 1.69. The molecule has 0 aromatic rings. The highest BCUT2D eigenvalue weighted by Crippen LogP contribution is 1.79. The fourth-order valence-corrected chi connectivity index (χ4v) is 0.190. The second kappa shape index (κ2) is 5.12. The molecule has 0 fully saturated rings. The molecule has 2 heteroatoms. The molecule has 7 heavy (non-hydrogen) atoms. The van der Waals surface area contributed by atoms with Gasteiger partial charge in [-0.05, 0) is 6.42 Å². The van der Waals surface area contributed by atoms with Crippen LogP contribution >= 0.6 is 0 Å². The Morgan fingerprint density at radius 1 is 1.43 bits per heavy atom. The van der Waals surface area contributed by atoms with Gasteiger partial charge in [-0.25, -0.2) is 4.79 Å². The quantitative estimate of drug-likeness (QED) is 0.374. The number of hydrogen-bond acceptors (Lipinski definition) is 2. The molecule has 0 N–H and O–H groups in total. The first-order chi connectivity index (χ1) is 3.41. The van der Waals surface area contributed by atoms with Gasteiger partial charge in [0.15, 0.2) is 6.29 Å². The van der Waals surface area contributed by atoms with E-state index in [0.717, 1.165) is 0 Å². The zero-order valence-electron chi connectivity index (χ0n) is 3.81. The lowest BCUT2D eigenvalue weighted by Crippen LogP contribution is -1.68. The normalized spacial score (nSPS) is 6.86. The molecular weight excluding hydrogens is 92.1 g/mol. The molecule has 0 saturated carbocycles. The number of hydrogen-bond donors (Lipinski definition) is 0. The van der Waals surface area contributed by atoms with Crippen molar-refractivity contribution in [1.29, 1.82) is 0 Å². The molecule has 2 nitrogen and oxygen atoms in total. The summed E-state index contributed by atoms with van der Waals surface area (Å²) >= 11 is 0. The molecule has 0 bridgehead atoms. The van der Waals surface area contributed by atoms with Crippen molar-refractivity contribution in [3.05, 3.63) is 6.08 Å². The Morgan fingerprint density at radius 3 is 2.57 bits per heavy atom. The van der Waals surface area contributed by atoms with E-state index in [2.05, 4.69) is 0 Å². The van der Waals surface area contributed by atoms with Crippen LogP contribution in [-0.4, -0.2) is 12.2 Å². The maximum Gasteiger partial charge on any atom is 0.198 e. The Morgan fingerprint density at radius 2 is 2.14 bits per heavy atom. The molecule has 37 valence electrons. The Balaban J connectivity index is 2.97. The van der Waals surface area contributed by atoms with Gasteiger partial charge in [0.1, 0.15) is 5.94 Å². The topological polar surface area (TPSA) is 34.1 Å². The number of allylic oxidation sites excluding steroid dienone is 1. The van der Waals surface area contributed by atoms with Gasteiger partial charge in [-0.15, -0.1) is 0 Å². The summed E-state index contributed by atoms with van der Waals surface area (Å²) in [5.41, 5.74) is 0. The Labute approximate surface area is 41.8 Å². The first-order valence-corrected chi connectivity index (χ1v) is 1.96. The smallest absolute Gasteiger partial charge is 0.198 e. The van der Waals surface area contributed by atoms with Crippen LogP contribution in [0.15, 0.2) is 6.08 Å². The molecule has 0 amide bonds. The van der Waals surface area contributed by atoms with Crippen LogP contribution in [0.5, 0.6) is 0 Å². The van der Waals surface area contributed by atoms with E-state index in [-0.39, 0.29) is 0 Å². The number of carbonyl (C=O) groups excluding carboxylic acids is 2. The van der Waals surface area contributed by atoms with Crippen molar-refractivity contribution in [3.8, 4) is 0 Å². The third kappa shape index (κ3) is 5.12. The molecule has 0 atom stereocenters. The summed E-state index contributed by atoms with van der Waals surface area (Å²) in [6.45, 7) is 0.